The van der Waals surface area contributed by atoms with Gasteiger partial charge in [-0.3, -0.25) is 0 Å². The van der Waals surface area contributed by atoms with E-state index in [9.17, 15) is 5.26 Å². The van der Waals surface area contributed by atoms with Crippen LogP contribution in [0.25, 0.3) is 12.2 Å². The van der Waals surface area contributed by atoms with Gasteiger partial charge in [-0.15, -0.1) is 0 Å². The molecule has 0 radical (unpaired) electrons. The molecule has 2 heterocycles. The van der Waals surface area contributed by atoms with Crippen molar-refractivity contribution in [2.24, 2.45) is 0 Å². The minimum atomic E-state index is 0.269. The molecule has 3 aromatic rings. The summed E-state index contributed by atoms with van der Waals surface area (Å²) in [6.45, 7) is 1.54. The maximum Gasteiger partial charge on any atom is 0.232 e. The first-order valence-electron chi connectivity index (χ1n) is 7.69. The molecular formula is C18H17N5O. The van der Waals surface area contributed by atoms with Crippen LogP contribution in [0.15, 0.2) is 53.5 Å². The molecule has 0 bridgehead atoms. The van der Waals surface area contributed by atoms with Crippen molar-refractivity contribution in [2.45, 2.75) is 13.0 Å². The van der Waals surface area contributed by atoms with Crippen LogP contribution >= 0.6 is 0 Å². The number of nitrogens with one attached hydrogen (secondary N) is 1. The minimum absolute atomic E-state index is 0.269. The molecule has 1 aromatic carbocycles. The third-order valence-electron chi connectivity index (χ3n) is 3.41. The average molecular weight is 319 g/mol. The van der Waals surface area contributed by atoms with E-state index in [4.69, 9.17) is 4.42 Å². The lowest BCUT2D eigenvalue weighted by atomic mass is 10.2. The summed E-state index contributed by atoms with van der Waals surface area (Å²) in [5.74, 6) is 0.823. The number of rotatable bonds is 7. The molecule has 2 aromatic heterocycles. The van der Waals surface area contributed by atoms with Crippen molar-refractivity contribution in [3.8, 4) is 6.07 Å². The molecule has 24 heavy (non-hydrogen) atoms. The van der Waals surface area contributed by atoms with E-state index < -0.39 is 0 Å². The number of aromatic nitrogens is 3. The summed E-state index contributed by atoms with van der Waals surface area (Å²) in [6.07, 6.45) is 9.99. The number of imidazole rings is 1. The zero-order valence-corrected chi connectivity index (χ0v) is 13.1. The van der Waals surface area contributed by atoms with Crippen LogP contribution in [0.5, 0.6) is 0 Å². The molecule has 3 rings (SSSR count). The van der Waals surface area contributed by atoms with Crippen LogP contribution in [0.3, 0.4) is 0 Å². The predicted octanol–water partition coefficient (Wildman–Crippen LogP) is 3.42. The molecule has 0 unspecified atom stereocenters. The van der Waals surface area contributed by atoms with E-state index in [1.54, 1.807) is 18.6 Å². The van der Waals surface area contributed by atoms with Crippen molar-refractivity contribution in [1.82, 2.24) is 14.5 Å². The number of oxazole rings is 1. The molecule has 0 saturated heterocycles. The second-order valence-electron chi connectivity index (χ2n) is 5.17. The Kier molecular flexibility index (Phi) is 5.05. The van der Waals surface area contributed by atoms with E-state index in [1.165, 1.54) is 0 Å². The third-order valence-corrected chi connectivity index (χ3v) is 3.41. The van der Waals surface area contributed by atoms with Gasteiger partial charge < -0.3 is 14.3 Å². The lowest BCUT2D eigenvalue weighted by Crippen LogP contribution is -2.06. The fourth-order valence-corrected chi connectivity index (χ4v) is 2.22. The van der Waals surface area contributed by atoms with Gasteiger partial charge >= 0.3 is 0 Å². The summed E-state index contributed by atoms with van der Waals surface area (Å²) in [5, 5.41) is 12.3. The van der Waals surface area contributed by atoms with Crippen LogP contribution < -0.4 is 5.32 Å². The Hall–Kier alpha value is -3.33. The highest BCUT2D eigenvalue weighted by atomic mass is 16.4. The lowest BCUT2D eigenvalue weighted by Gasteiger charge is -2.03. The first-order chi connectivity index (χ1) is 11.8. The molecule has 0 atom stereocenters. The quantitative estimate of drug-likeness (QED) is 0.675. The topological polar surface area (TPSA) is 79.7 Å². The van der Waals surface area contributed by atoms with Crippen molar-refractivity contribution in [1.29, 1.82) is 5.26 Å². The maximum absolute atomic E-state index is 9.17. The lowest BCUT2D eigenvalue weighted by molar-refractivity contribution is 0.553. The number of nitriles is 1. The highest BCUT2D eigenvalue weighted by molar-refractivity contribution is 5.67. The number of hydrogen-bond acceptors (Lipinski definition) is 5. The first-order valence-corrected chi connectivity index (χ1v) is 7.69. The smallest absolute Gasteiger partial charge is 0.232 e. The van der Waals surface area contributed by atoms with Crippen molar-refractivity contribution in [3.05, 3.63) is 66.2 Å². The predicted molar refractivity (Wildman–Crippen MR) is 91.9 cm³/mol. The number of aryl methyl sites for hydroxylation is 1. The van der Waals surface area contributed by atoms with Gasteiger partial charge in [0.05, 0.1) is 6.33 Å². The van der Waals surface area contributed by atoms with E-state index >= 15 is 0 Å². The van der Waals surface area contributed by atoms with E-state index in [0.29, 0.717) is 18.3 Å². The highest BCUT2D eigenvalue weighted by Crippen LogP contribution is 2.18. The molecule has 0 aliphatic heterocycles. The molecule has 0 aliphatic carbocycles. The van der Waals surface area contributed by atoms with Crippen LogP contribution in [-0.2, 0) is 6.54 Å². The third kappa shape index (κ3) is 4.11. The summed E-state index contributed by atoms with van der Waals surface area (Å²) in [4.78, 5) is 8.18. The number of nitrogens with zero attached hydrogens (tertiary/aromatic N) is 4. The first kappa shape index (κ1) is 15.6. The molecule has 1 N–H and O–H groups in total. The van der Waals surface area contributed by atoms with Gasteiger partial charge in [-0.1, -0.05) is 30.3 Å². The Morgan fingerprint density at radius 2 is 2.12 bits per heavy atom. The molecule has 0 amide bonds. The van der Waals surface area contributed by atoms with E-state index in [-0.39, 0.29) is 5.69 Å². The Bertz CT molecular complexity index is 828. The van der Waals surface area contributed by atoms with Gasteiger partial charge in [0.2, 0.25) is 17.5 Å². The van der Waals surface area contributed by atoms with Crippen LogP contribution in [0.4, 0.5) is 5.88 Å². The van der Waals surface area contributed by atoms with Crippen molar-refractivity contribution < 1.29 is 4.42 Å². The molecule has 0 saturated carbocycles. The largest absolute Gasteiger partial charge is 0.420 e. The molecule has 0 aliphatic rings. The second kappa shape index (κ2) is 7.79. The number of hydrogen-bond donors (Lipinski definition) is 1. The van der Waals surface area contributed by atoms with Gasteiger partial charge in [-0.2, -0.15) is 10.2 Å². The Labute approximate surface area is 140 Å². The normalized spacial score (nSPS) is 10.8. The van der Waals surface area contributed by atoms with Crippen molar-refractivity contribution in [3.63, 3.8) is 0 Å². The zero-order chi connectivity index (χ0) is 16.6. The molecule has 6 heteroatoms. The summed E-state index contributed by atoms with van der Waals surface area (Å²) >= 11 is 0. The van der Waals surface area contributed by atoms with Crippen LogP contribution in [-0.4, -0.2) is 21.1 Å². The van der Waals surface area contributed by atoms with Gasteiger partial charge in [0, 0.05) is 31.6 Å². The molecule has 120 valence electrons. The fourth-order valence-electron chi connectivity index (χ4n) is 2.22. The van der Waals surface area contributed by atoms with E-state index in [1.807, 2.05) is 47.2 Å². The van der Waals surface area contributed by atoms with Crippen molar-refractivity contribution >= 4 is 18.0 Å². The molecule has 0 spiro atoms. The van der Waals surface area contributed by atoms with Crippen LogP contribution in [0.1, 0.15) is 23.6 Å². The second-order valence-corrected chi connectivity index (χ2v) is 5.17. The van der Waals surface area contributed by atoms with E-state index in [2.05, 4.69) is 21.4 Å². The average Bonchev–Trinajstić information content (AvgIpc) is 3.27. The summed E-state index contributed by atoms with van der Waals surface area (Å²) in [6, 6.07) is 11.9. The van der Waals surface area contributed by atoms with Crippen LogP contribution in [0.2, 0.25) is 0 Å². The monoisotopic (exact) mass is 319 g/mol. The number of anilines is 1. The zero-order valence-electron chi connectivity index (χ0n) is 13.1. The molecule has 0 fully saturated rings. The van der Waals surface area contributed by atoms with E-state index in [0.717, 1.165) is 18.5 Å². The Morgan fingerprint density at radius 3 is 2.88 bits per heavy atom. The van der Waals surface area contributed by atoms with Crippen LogP contribution in [0, 0.1) is 11.3 Å². The SMILES string of the molecule is N#Cc1nc(C=Cc2ccccc2)oc1NCCCn1ccnc1. The Morgan fingerprint density at radius 1 is 1.25 bits per heavy atom. The summed E-state index contributed by atoms with van der Waals surface area (Å²) in [7, 11) is 0. The minimum Gasteiger partial charge on any atom is -0.420 e. The maximum atomic E-state index is 9.17. The molecule has 6 nitrogen and oxygen atoms in total. The standard InChI is InChI=1S/C18H17N5O/c19-13-16-18(21-9-4-11-23-12-10-20-14-23)24-17(22-16)8-7-15-5-2-1-3-6-15/h1-3,5-8,10,12,14,21H,4,9,11H2. The van der Waals surface area contributed by atoms with Crippen molar-refractivity contribution in [2.75, 3.05) is 11.9 Å². The number of benzene rings is 1. The fraction of sp³-hybridized carbons (Fsp3) is 0.167. The summed E-state index contributed by atoms with van der Waals surface area (Å²) in [5.41, 5.74) is 1.31. The van der Waals surface area contributed by atoms with Gasteiger partial charge in [0.25, 0.3) is 0 Å². The summed E-state index contributed by atoms with van der Waals surface area (Å²) < 4.78 is 7.62. The van der Waals surface area contributed by atoms with Gasteiger partial charge in [0.1, 0.15) is 6.07 Å². The molecular weight excluding hydrogens is 302 g/mol. The van der Waals surface area contributed by atoms with Gasteiger partial charge in [-0.25, -0.2) is 4.98 Å². The van der Waals surface area contributed by atoms with Gasteiger partial charge in [-0.05, 0) is 18.1 Å². The van der Waals surface area contributed by atoms with Gasteiger partial charge in [0.15, 0.2) is 0 Å². The highest BCUT2D eigenvalue weighted by Gasteiger charge is 2.10. The Balaban J connectivity index is 1.58.